The van der Waals surface area contributed by atoms with Crippen LogP contribution in [0.2, 0.25) is 5.02 Å². The first-order valence-electron chi connectivity index (χ1n) is 6.34. The molecule has 0 aromatic heterocycles. The lowest BCUT2D eigenvalue weighted by Crippen LogP contribution is -2.04. The smallest absolute Gasteiger partial charge is 0.0992 e. The first kappa shape index (κ1) is 15.8. The van der Waals surface area contributed by atoms with Gasteiger partial charge in [-0.15, -0.1) is 0 Å². The van der Waals surface area contributed by atoms with Crippen LogP contribution in [0.1, 0.15) is 16.7 Å². The second kappa shape index (κ2) is 7.46. The average molecular weight is 366 g/mol. The van der Waals surface area contributed by atoms with Crippen LogP contribution in [0, 0.1) is 11.3 Å². The molecule has 3 nitrogen and oxygen atoms in total. The van der Waals surface area contributed by atoms with Crippen molar-refractivity contribution in [1.29, 1.82) is 5.26 Å². The summed E-state index contributed by atoms with van der Waals surface area (Å²) in [6.45, 7) is 1.10. The molecule has 5 heteroatoms. The quantitative estimate of drug-likeness (QED) is 0.833. The Kier molecular flexibility index (Phi) is 5.63. The van der Waals surface area contributed by atoms with Crippen molar-refractivity contribution in [2.45, 2.75) is 13.2 Å². The zero-order valence-corrected chi connectivity index (χ0v) is 13.8. The van der Waals surface area contributed by atoms with Gasteiger partial charge in [-0.05, 0) is 29.8 Å². The van der Waals surface area contributed by atoms with Gasteiger partial charge in [0.15, 0.2) is 0 Å². The Hall–Kier alpha value is -1.54. The number of anilines is 1. The SMILES string of the molecule is COCc1c(Br)cccc1NCc1ccc(C#N)cc1Cl. The molecule has 2 aromatic carbocycles. The Bertz CT molecular complexity index is 682. The van der Waals surface area contributed by atoms with Crippen molar-refractivity contribution < 1.29 is 4.74 Å². The van der Waals surface area contributed by atoms with Crippen molar-refractivity contribution in [1.82, 2.24) is 0 Å². The average Bonchev–Trinajstić information content (AvgIpc) is 2.49. The molecule has 108 valence electrons. The van der Waals surface area contributed by atoms with Crippen LogP contribution in [-0.4, -0.2) is 7.11 Å². The molecule has 0 aliphatic heterocycles. The topological polar surface area (TPSA) is 45.0 Å². The summed E-state index contributed by atoms with van der Waals surface area (Å²) >= 11 is 9.71. The van der Waals surface area contributed by atoms with Gasteiger partial charge in [0.2, 0.25) is 0 Å². The predicted octanol–water partition coefficient (Wildman–Crippen LogP) is 4.73. The summed E-state index contributed by atoms with van der Waals surface area (Å²) in [5, 5.41) is 12.8. The van der Waals surface area contributed by atoms with Gasteiger partial charge in [-0.25, -0.2) is 0 Å². The van der Waals surface area contributed by atoms with Crippen LogP contribution in [0.25, 0.3) is 0 Å². The van der Waals surface area contributed by atoms with Crippen LogP contribution in [0.3, 0.4) is 0 Å². The maximum absolute atomic E-state index is 8.84. The van der Waals surface area contributed by atoms with Gasteiger partial charge < -0.3 is 10.1 Å². The van der Waals surface area contributed by atoms with Gasteiger partial charge in [-0.3, -0.25) is 0 Å². The Morgan fingerprint density at radius 1 is 1.33 bits per heavy atom. The van der Waals surface area contributed by atoms with Crippen molar-refractivity contribution in [3.63, 3.8) is 0 Å². The number of hydrogen-bond acceptors (Lipinski definition) is 3. The van der Waals surface area contributed by atoms with Crippen LogP contribution < -0.4 is 5.32 Å². The highest BCUT2D eigenvalue weighted by atomic mass is 79.9. The molecule has 0 amide bonds. The van der Waals surface area contributed by atoms with Crippen LogP contribution in [0.15, 0.2) is 40.9 Å². The van der Waals surface area contributed by atoms with E-state index in [-0.39, 0.29) is 0 Å². The van der Waals surface area contributed by atoms with E-state index in [0.717, 1.165) is 21.3 Å². The summed E-state index contributed by atoms with van der Waals surface area (Å²) in [4.78, 5) is 0. The zero-order valence-electron chi connectivity index (χ0n) is 11.5. The first-order valence-corrected chi connectivity index (χ1v) is 7.51. The fraction of sp³-hybridized carbons (Fsp3) is 0.188. The molecule has 0 saturated heterocycles. The highest BCUT2D eigenvalue weighted by molar-refractivity contribution is 9.10. The molecule has 0 aliphatic carbocycles. The molecule has 1 N–H and O–H groups in total. The molecule has 0 unspecified atom stereocenters. The molecule has 0 fully saturated rings. The van der Waals surface area contributed by atoms with E-state index in [4.69, 9.17) is 21.6 Å². The minimum atomic E-state index is 0.519. The molecule has 0 bridgehead atoms. The Morgan fingerprint density at radius 2 is 2.14 bits per heavy atom. The summed E-state index contributed by atoms with van der Waals surface area (Å²) in [6, 6.07) is 13.3. The maximum Gasteiger partial charge on any atom is 0.0992 e. The molecule has 0 aliphatic rings. The van der Waals surface area contributed by atoms with Crippen molar-refractivity contribution in [3.8, 4) is 6.07 Å². The van der Waals surface area contributed by atoms with E-state index in [1.165, 1.54) is 0 Å². The van der Waals surface area contributed by atoms with Crippen molar-refractivity contribution in [2.24, 2.45) is 0 Å². The number of ether oxygens (including phenoxy) is 1. The standard InChI is InChI=1S/C16H14BrClN2O/c1-21-10-13-14(17)3-2-4-16(13)20-9-12-6-5-11(8-19)7-15(12)18/h2-7,20H,9-10H2,1H3. The molecule has 0 radical (unpaired) electrons. The van der Waals surface area contributed by atoms with E-state index in [1.807, 2.05) is 24.3 Å². The number of rotatable bonds is 5. The summed E-state index contributed by atoms with van der Waals surface area (Å²) < 4.78 is 6.22. The molecular weight excluding hydrogens is 352 g/mol. The van der Waals surface area contributed by atoms with E-state index in [1.54, 1.807) is 19.2 Å². The Labute approximate surface area is 137 Å². The largest absolute Gasteiger partial charge is 0.381 e. The molecule has 2 aromatic rings. The number of nitrogens with zero attached hydrogens (tertiary/aromatic N) is 1. The third kappa shape index (κ3) is 3.98. The lowest BCUT2D eigenvalue weighted by molar-refractivity contribution is 0.185. The van der Waals surface area contributed by atoms with Gasteiger partial charge in [-0.1, -0.05) is 39.7 Å². The third-order valence-corrected chi connectivity index (χ3v) is 4.15. The summed E-state index contributed by atoms with van der Waals surface area (Å²) in [5.74, 6) is 0. The maximum atomic E-state index is 8.84. The van der Waals surface area contributed by atoms with Gasteiger partial charge in [0, 0.05) is 34.4 Å². The van der Waals surface area contributed by atoms with Crippen LogP contribution >= 0.6 is 27.5 Å². The molecule has 2 rings (SSSR count). The molecular formula is C16H14BrClN2O. The lowest BCUT2D eigenvalue weighted by Gasteiger charge is -2.14. The van der Waals surface area contributed by atoms with Gasteiger partial charge in [0.1, 0.15) is 0 Å². The fourth-order valence-electron chi connectivity index (χ4n) is 1.97. The van der Waals surface area contributed by atoms with Gasteiger partial charge in [-0.2, -0.15) is 5.26 Å². The Morgan fingerprint density at radius 3 is 2.81 bits per heavy atom. The van der Waals surface area contributed by atoms with E-state index >= 15 is 0 Å². The van der Waals surface area contributed by atoms with Gasteiger partial charge in [0.25, 0.3) is 0 Å². The van der Waals surface area contributed by atoms with E-state index in [9.17, 15) is 0 Å². The Balaban J connectivity index is 2.17. The number of benzene rings is 2. The summed E-state index contributed by atoms with van der Waals surface area (Å²) in [6.07, 6.45) is 0. The number of halogens is 2. The number of hydrogen-bond donors (Lipinski definition) is 1. The molecule has 0 spiro atoms. The van der Waals surface area contributed by atoms with E-state index in [2.05, 4.69) is 27.3 Å². The minimum absolute atomic E-state index is 0.519. The number of nitriles is 1. The van der Waals surface area contributed by atoms with Gasteiger partial charge >= 0.3 is 0 Å². The van der Waals surface area contributed by atoms with Crippen molar-refractivity contribution >= 4 is 33.2 Å². The van der Waals surface area contributed by atoms with E-state index in [0.29, 0.717) is 23.7 Å². The molecule has 0 saturated carbocycles. The monoisotopic (exact) mass is 364 g/mol. The highest BCUT2D eigenvalue weighted by Gasteiger charge is 2.07. The second-order valence-corrected chi connectivity index (χ2v) is 5.73. The number of nitrogens with one attached hydrogen (secondary N) is 1. The van der Waals surface area contributed by atoms with Crippen LogP contribution in [0.5, 0.6) is 0 Å². The van der Waals surface area contributed by atoms with Crippen LogP contribution in [0.4, 0.5) is 5.69 Å². The van der Waals surface area contributed by atoms with Crippen molar-refractivity contribution in [2.75, 3.05) is 12.4 Å². The predicted molar refractivity (Wildman–Crippen MR) is 88.3 cm³/mol. The zero-order chi connectivity index (χ0) is 15.2. The fourth-order valence-corrected chi connectivity index (χ4v) is 2.69. The molecule has 0 atom stereocenters. The van der Waals surface area contributed by atoms with Crippen LogP contribution in [-0.2, 0) is 17.9 Å². The first-order chi connectivity index (χ1) is 10.2. The minimum Gasteiger partial charge on any atom is -0.381 e. The normalized spacial score (nSPS) is 10.2. The second-order valence-electron chi connectivity index (χ2n) is 4.47. The van der Waals surface area contributed by atoms with E-state index < -0.39 is 0 Å². The summed E-state index contributed by atoms with van der Waals surface area (Å²) in [5.41, 5.74) is 3.56. The number of methoxy groups -OCH3 is 1. The molecule has 0 heterocycles. The summed E-state index contributed by atoms with van der Waals surface area (Å²) in [7, 11) is 1.67. The highest BCUT2D eigenvalue weighted by Crippen LogP contribution is 2.27. The van der Waals surface area contributed by atoms with Gasteiger partial charge in [0.05, 0.1) is 18.2 Å². The molecule has 21 heavy (non-hydrogen) atoms. The lowest BCUT2D eigenvalue weighted by atomic mass is 10.1. The van der Waals surface area contributed by atoms with Crippen molar-refractivity contribution in [3.05, 3.63) is 62.6 Å². The third-order valence-electron chi connectivity index (χ3n) is 3.06.